The fourth-order valence-electron chi connectivity index (χ4n) is 9.16. The number of carbonyl (C=O) groups is 2. The minimum Gasteiger partial charge on any atom is -0.550 e. The molecule has 0 spiro atoms. The smallest absolute Gasteiger partial charge is 0.550 e. The summed E-state index contributed by atoms with van der Waals surface area (Å²) in [5.74, 6) is 1.93. The van der Waals surface area contributed by atoms with E-state index in [1.54, 1.807) is 0 Å². The van der Waals surface area contributed by atoms with Crippen LogP contribution in [0.4, 0.5) is 0 Å². The van der Waals surface area contributed by atoms with Crippen LogP contribution in [0.15, 0.2) is 0 Å². The van der Waals surface area contributed by atoms with Crippen molar-refractivity contribution in [3.05, 3.63) is 0 Å². The molecule has 1 N–H and O–H groups in total. The van der Waals surface area contributed by atoms with Crippen molar-refractivity contribution in [2.45, 2.75) is 98.0 Å². The zero-order valence-corrected chi connectivity index (χ0v) is 22.4. The third-order valence-corrected chi connectivity index (χ3v) is 10.7. The van der Waals surface area contributed by atoms with Gasteiger partial charge >= 0.3 is 29.6 Å². The fourth-order valence-corrected chi connectivity index (χ4v) is 9.16. The fraction of sp³-hybridized carbons (Fsp3) is 0.923. The van der Waals surface area contributed by atoms with Crippen molar-refractivity contribution >= 4 is 11.8 Å². The second-order valence-corrected chi connectivity index (χ2v) is 11.8. The van der Waals surface area contributed by atoms with Gasteiger partial charge in [0.2, 0.25) is 0 Å². The summed E-state index contributed by atoms with van der Waals surface area (Å²) in [5, 5.41) is 21.4. The van der Waals surface area contributed by atoms with Crippen molar-refractivity contribution in [1.82, 2.24) is 0 Å². The Morgan fingerprint density at radius 3 is 2.39 bits per heavy atom. The Kier molecular flexibility index (Phi) is 7.79. The standard InChI is InChI=1S/C26H42O4.Na/c1-5-17-21-14-16(27)10-12-26(21,4)20-11-13-25(3)18(15(2)6-9-22(28)29)7-8-19(25)23(20)24(17)30;/h15-21,23,27H,5-14H2,1-4H3,(H,28,29);/q;+1/p-1/t15-,16-,17+,18?,19?,20?,21?,23?,25-,26-;/m1./s1. The number of Topliss-reactive ketones (excluding diaryl/α,β-unsaturated/α-hetero) is 1. The van der Waals surface area contributed by atoms with Gasteiger partial charge in [-0.05, 0) is 105 Å². The molecule has 4 saturated carbocycles. The Hall–Kier alpha value is 0.1000. The predicted octanol–water partition coefficient (Wildman–Crippen LogP) is 0.992. The van der Waals surface area contributed by atoms with E-state index in [4.69, 9.17) is 0 Å². The molecular weight excluding hydrogens is 399 g/mol. The van der Waals surface area contributed by atoms with Gasteiger partial charge in [-0.25, -0.2) is 0 Å². The van der Waals surface area contributed by atoms with Crippen molar-refractivity contribution in [2.75, 3.05) is 0 Å². The number of ketones is 1. The second kappa shape index (κ2) is 9.39. The largest absolute Gasteiger partial charge is 1.00 e. The van der Waals surface area contributed by atoms with E-state index < -0.39 is 5.97 Å². The number of aliphatic hydroxyl groups excluding tert-OH is 1. The van der Waals surface area contributed by atoms with Gasteiger partial charge in [0, 0.05) is 17.8 Å². The van der Waals surface area contributed by atoms with Crippen molar-refractivity contribution in [1.29, 1.82) is 0 Å². The molecule has 0 radical (unpaired) electrons. The Morgan fingerprint density at radius 2 is 1.74 bits per heavy atom. The predicted molar refractivity (Wildman–Crippen MR) is 114 cm³/mol. The molecule has 170 valence electrons. The summed E-state index contributed by atoms with van der Waals surface area (Å²) in [7, 11) is 0. The van der Waals surface area contributed by atoms with Gasteiger partial charge in [-0.1, -0.05) is 27.7 Å². The second-order valence-electron chi connectivity index (χ2n) is 11.8. The van der Waals surface area contributed by atoms with Crippen molar-refractivity contribution in [2.24, 2.45) is 52.3 Å². The topological polar surface area (TPSA) is 77.4 Å². The van der Waals surface area contributed by atoms with Crippen molar-refractivity contribution in [3.63, 3.8) is 0 Å². The number of aliphatic hydroxyl groups is 1. The maximum absolute atomic E-state index is 13.9. The number of fused-ring (bicyclic) bond motifs is 5. The van der Waals surface area contributed by atoms with E-state index in [0.29, 0.717) is 41.8 Å². The van der Waals surface area contributed by atoms with Gasteiger partial charge in [0.05, 0.1) is 6.10 Å². The molecule has 0 bridgehead atoms. The van der Waals surface area contributed by atoms with Crippen LogP contribution in [0.2, 0.25) is 0 Å². The first kappa shape index (κ1) is 25.7. The van der Waals surface area contributed by atoms with E-state index in [-0.39, 0.29) is 64.7 Å². The molecule has 31 heavy (non-hydrogen) atoms. The SMILES string of the molecule is CC[C@@H]1C(=O)C2C3CCC([C@H](C)CCC(=O)[O-])[C@@]3(C)CCC2[C@@]2(C)CC[C@@H](O)CC12.[Na+]. The Balaban J connectivity index is 0.00000272. The maximum atomic E-state index is 13.9. The van der Waals surface area contributed by atoms with Gasteiger partial charge in [-0.3, -0.25) is 4.79 Å². The summed E-state index contributed by atoms with van der Waals surface area (Å²) in [4.78, 5) is 24.9. The van der Waals surface area contributed by atoms with Crippen molar-refractivity contribution < 1.29 is 49.4 Å². The molecule has 4 nitrogen and oxygen atoms in total. The van der Waals surface area contributed by atoms with Gasteiger partial charge < -0.3 is 15.0 Å². The van der Waals surface area contributed by atoms with Gasteiger partial charge in [0.1, 0.15) is 5.78 Å². The van der Waals surface area contributed by atoms with Crippen LogP contribution in [0.25, 0.3) is 0 Å². The number of hydrogen-bond donors (Lipinski definition) is 1. The summed E-state index contributed by atoms with van der Waals surface area (Å²) in [6.07, 6.45) is 8.74. The average Bonchev–Trinajstić information content (AvgIpc) is 3.05. The Bertz CT molecular complexity index is 695. The molecule has 0 heterocycles. The van der Waals surface area contributed by atoms with Crippen molar-refractivity contribution in [3.8, 4) is 0 Å². The minimum atomic E-state index is -0.947. The first-order valence-corrected chi connectivity index (χ1v) is 12.5. The number of aliphatic carboxylic acids is 1. The molecule has 0 aliphatic heterocycles. The molecule has 0 aromatic carbocycles. The van der Waals surface area contributed by atoms with Gasteiger partial charge in [-0.2, -0.15) is 0 Å². The number of carboxylic acids is 1. The van der Waals surface area contributed by atoms with Gasteiger partial charge in [-0.15, -0.1) is 0 Å². The number of carbonyl (C=O) groups excluding carboxylic acids is 2. The molecule has 4 aliphatic rings. The van der Waals surface area contributed by atoms with Crippen LogP contribution in [0.5, 0.6) is 0 Å². The van der Waals surface area contributed by atoms with Crippen LogP contribution < -0.4 is 34.7 Å². The van der Waals surface area contributed by atoms with Crippen LogP contribution in [-0.2, 0) is 9.59 Å². The molecule has 4 fully saturated rings. The van der Waals surface area contributed by atoms with E-state index >= 15 is 0 Å². The average molecular weight is 441 g/mol. The molecular formula is C26H41NaO4. The molecule has 4 aliphatic carbocycles. The molecule has 5 unspecified atom stereocenters. The summed E-state index contributed by atoms with van der Waals surface area (Å²) < 4.78 is 0. The number of carboxylic acid groups (broad SMARTS) is 1. The van der Waals surface area contributed by atoms with E-state index in [0.717, 1.165) is 51.4 Å². The first-order valence-electron chi connectivity index (χ1n) is 12.5. The third-order valence-electron chi connectivity index (χ3n) is 10.7. The number of hydrogen-bond acceptors (Lipinski definition) is 4. The zero-order chi connectivity index (χ0) is 21.8. The normalized spacial score (nSPS) is 47.5. The first-order chi connectivity index (χ1) is 14.1. The van der Waals surface area contributed by atoms with Crippen LogP contribution in [0, 0.1) is 52.3 Å². The van der Waals surface area contributed by atoms with Crippen LogP contribution in [0.3, 0.4) is 0 Å². The Morgan fingerprint density at radius 1 is 1.10 bits per heavy atom. The quantitative estimate of drug-likeness (QED) is 0.647. The molecule has 10 atom stereocenters. The molecule has 0 aromatic heterocycles. The molecule has 0 saturated heterocycles. The molecule has 4 rings (SSSR count). The summed E-state index contributed by atoms with van der Waals surface area (Å²) in [6.45, 7) is 9.22. The molecule has 0 amide bonds. The Labute approximate surface area is 210 Å². The maximum Gasteiger partial charge on any atom is 1.00 e. The molecule has 0 aromatic rings. The summed E-state index contributed by atoms with van der Waals surface area (Å²) in [6, 6.07) is 0. The number of rotatable bonds is 5. The zero-order valence-electron chi connectivity index (χ0n) is 20.4. The minimum absolute atomic E-state index is 0. The van der Waals surface area contributed by atoms with Gasteiger partial charge in [0.25, 0.3) is 0 Å². The van der Waals surface area contributed by atoms with Crippen LogP contribution in [-0.4, -0.2) is 23.0 Å². The van der Waals surface area contributed by atoms with Crippen LogP contribution in [0.1, 0.15) is 91.9 Å². The van der Waals surface area contributed by atoms with Crippen LogP contribution >= 0.6 is 0 Å². The summed E-state index contributed by atoms with van der Waals surface area (Å²) >= 11 is 0. The summed E-state index contributed by atoms with van der Waals surface area (Å²) in [5.41, 5.74) is 0.330. The monoisotopic (exact) mass is 440 g/mol. The third kappa shape index (κ3) is 4.10. The molecule has 5 heteroatoms. The van der Waals surface area contributed by atoms with E-state index in [2.05, 4.69) is 27.7 Å². The van der Waals surface area contributed by atoms with E-state index in [1.165, 1.54) is 0 Å². The van der Waals surface area contributed by atoms with E-state index in [9.17, 15) is 19.8 Å². The van der Waals surface area contributed by atoms with Gasteiger partial charge in [0.15, 0.2) is 0 Å². The van der Waals surface area contributed by atoms with E-state index in [1.807, 2.05) is 0 Å².